The van der Waals surface area contributed by atoms with E-state index in [0.717, 1.165) is 48.6 Å². The van der Waals surface area contributed by atoms with Crippen molar-refractivity contribution in [2.45, 2.75) is 11.8 Å². The van der Waals surface area contributed by atoms with Crippen LogP contribution in [0.25, 0.3) is 11.0 Å². The van der Waals surface area contributed by atoms with E-state index in [2.05, 4.69) is 30.5 Å². The molecule has 1 aliphatic heterocycles. The molecule has 0 saturated carbocycles. The maximum Gasteiger partial charge on any atom is 0.351 e. The smallest absolute Gasteiger partial charge is 0.351 e. The first-order valence-electron chi connectivity index (χ1n) is 11.4. The van der Waals surface area contributed by atoms with Crippen LogP contribution >= 0.6 is 0 Å². The standard InChI is InChI=1S/C24H26N8O3S/c1-16(33)31-11-13-32(14-12-31)19-7-5-17(6-8-19)28-24-29-22-21(9-10-26-22)23(30-24)27-18-3-2-4-20(15-18)36(25,34)35/h2-10,15H,11-14H2,1H3,(H2,25,34,35)(H3,26,27,28,29,30)/p+1. The Morgan fingerprint density at radius 1 is 1.03 bits per heavy atom. The number of hydrogen-bond acceptors (Lipinski definition) is 7. The molecule has 2 aromatic heterocycles. The quantitative estimate of drug-likeness (QED) is 0.312. The van der Waals surface area contributed by atoms with Crippen LogP contribution in [0, 0.1) is 0 Å². The minimum absolute atomic E-state index is 0.0152. The maximum absolute atomic E-state index is 11.7. The second-order valence-electron chi connectivity index (χ2n) is 8.56. The van der Waals surface area contributed by atoms with E-state index in [1.54, 1.807) is 25.3 Å². The number of carbonyl (C=O) groups excluding carboxylic acids is 1. The number of amides is 1. The number of anilines is 5. The number of piperazine rings is 1. The largest absolute Gasteiger partial charge is 0.368 e. The highest BCUT2D eigenvalue weighted by molar-refractivity contribution is 7.89. The Morgan fingerprint density at radius 3 is 2.47 bits per heavy atom. The molecule has 186 valence electrons. The minimum Gasteiger partial charge on any atom is -0.368 e. The fourth-order valence-corrected chi connectivity index (χ4v) is 4.76. The van der Waals surface area contributed by atoms with Crippen molar-refractivity contribution in [2.24, 2.45) is 5.14 Å². The van der Waals surface area contributed by atoms with Crippen molar-refractivity contribution >= 4 is 55.8 Å². The average molecular weight is 508 g/mol. The molecule has 36 heavy (non-hydrogen) atoms. The number of nitrogens with zero attached hydrogens (tertiary/aromatic N) is 3. The van der Waals surface area contributed by atoms with Gasteiger partial charge in [0.25, 0.3) is 0 Å². The van der Waals surface area contributed by atoms with Crippen molar-refractivity contribution in [3.05, 3.63) is 60.8 Å². The number of benzene rings is 2. The molecule has 12 heteroatoms. The Kier molecular flexibility index (Phi) is 6.20. The summed E-state index contributed by atoms with van der Waals surface area (Å²) in [6.07, 6.45) is 1.79. The highest BCUT2D eigenvalue weighted by Gasteiger charge is 2.19. The van der Waals surface area contributed by atoms with Crippen molar-refractivity contribution in [1.82, 2.24) is 14.9 Å². The molecule has 11 nitrogen and oxygen atoms in total. The van der Waals surface area contributed by atoms with E-state index in [4.69, 9.17) is 5.14 Å². The van der Waals surface area contributed by atoms with Gasteiger partial charge in [0.1, 0.15) is 0 Å². The van der Waals surface area contributed by atoms with Crippen molar-refractivity contribution < 1.29 is 18.2 Å². The molecule has 0 spiro atoms. The average Bonchev–Trinajstić information content (AvgIpc) is 3.33. The second-order valence-corrected chi connectivity index (χ2v) is 10.1. The summed E-state index contributed by atoms with van der Waals surface area (Å²) in [6.45, 7) is 4.65. The zero-order valence-electron chi connectivity index (χ0n) is 19.7. The first-order chi connectivity index (χ1) is 17.3. The van der Waals surface area contributed by atoms with Gasteiger partial charge in [-0.3, -0.25) is 15.1 Å². The van der Waals surface area contributed by atoms with Crippen LogP contribution in [0.1, 0.15) is 6.92 Å². The summed E-state index contributed by atoms with van der Waals surface area (Å²) in [6, 6.07) is 16.2. The van der Waals surface area contributed by atoms with Crippen LogP contribution < -0.4 is 25.7 Å². The lowest BCUT2D eigenvalue weighted by molar-refractivity contribution is -0.333. The van der Waals surface area contributed by atoms with Gasteiger partial charge in [0.2, 0.25) is 27.4 Å². The van der Waals surface area contributed by atoms with Crippen LogP contribution in [0.3, 0.4) is 0 Å². The molecular formula is C24H27N8O3S+. The Hall–Kier alpha value is -4.16. The number of primary sulfonamides is 1. The number of aromatic amines is 2. The number of sulfonamides is 1. The first kappa shape index (κ1) is 23.6. The molecule has 4 aromatic rings. The lowest BCUT2D eigenvalue weighted by atomic mass is 10.2. The van der Waals surface area contributed by atoms with Crippen LogP contribution in [-0.4, -0.2) is 55.4 Å². The number of rotatable bonds is 6. The van der Waals surface area contributed by atoms with Gasteiger partial charge < -0.3 is 15.1 Å². The molecule has 1 amide bonds. The third-order valence-corrected chi connectivity index (χ3v) is 7.03. The molecule has 1 fully saturated rings. The summed E-state index contributed by atoms with van der Waals surface area (Å²) in [4.78, 5) is 26.7. The van der Waals surface area contributed by atoms with Gasteiger partial charge in [-0.25, -0.2) is 18.5 Å². The van der Waals surface area contributed by atoms with Crippen LogP contribution in [0.2, 0.25) is 0 Å². The van der Waals surface area contributed by atoms with Crippen molar-refractivity contribution in [3.63, 3.8) is 0 Å². The molecule has 1 saturated heterocycles. The van der Waals surface area contributed by atoms with E-state index in [0.29, 0.717) is 17.5 Å². The summed E-state index contributed by atoms with van der Waals surface area (Å²) >= 11 is 0. The number of carbonyl (C=O) groups is 1. The summed E-state index contributed by atoms with van der Waals surface area (Å²) in [7, 11) is -3.82. The summed E-state index contributed by atoms with van der Waals surface area (Å²) in [5.74, 6) is 1.15. The van der Waals surface area contributed by atoms with E-state index in [1.165, 1.54) is 12.1 Å². The topological polar surface area (TPSA) is 151 Å². The minimum atomic E-state index is -3.82. The molecule has 3 heterocycles. The monoisotopic (exact) mass is 507 g/mol. The molecular weight excluding hydrogens is 480 g/mol. The highest BCUT2D eigenvalue weighted by Crippen LogP contribution is 2.26. The van der Waals surface area contributed by atoms with Crippen molar-refractivity contribution in [1.29, 1.82) is 0 Å². The number of H-pyrrole nitrogens is 2. The van der Waals surface area contributed by atoms with Crippen LogP contribution in [0.4, 0.5) is 28.8 Å². The van der Waals surface area contributed by atoms with Gasteiger partial charge in [-0.2, -0.15) is 0 Å². The maximum atomic E-state index is 11.7. The predicted octanol–water partition coefficient (Wildman–Crippen LogP) is 2.18. The predicted molar refractivity (Wildman–Crippen MR) is 138 cm³/mol. The van der Waals surface area contributed by atoms with E-state index < -0.39 is 10.0 Å². The van der Waals surface area contributed by atoms with E-state index >= 15 is 0 Å². The summed E-state index contributed by atoms with van der Waals surface area (Å²) in [5.41, 5.74) is 3.23. The fourth-order valence-electron chi connectivity index (χ4n) is 4.20. The molecule has 0 aliphatic carbocycles. The number of nitrogens with one attached hydrogen (secondary N) is 4. The summed E-state index contributed by atoms with van der Waals surface area (Å²) in [5, 5.41) is 12.6. The normalized spacial score (nSPS) is 14.2. The highest BCUT2D eigenvalue weighted by atomic mass is 32.2. The molecule has 0 unspecified atom stereocenters. The molecule has 1 aliphatic rings. The Labute approximate surface area is 208 Å². The lowest BCUT2D eigenvalue weighted by Crippen LogP contribution is -2.48. The first-order valence-corrected chi connectivity index (χ1v) is 13.0. The number of hydrogen-bond donors (Lipinski definition) is 4. The van der Waals surface area contributed by atoms with Crippen LogP contribution in [0.5, 0.6) is 0 Å². The zero-order valence-corrected chi connectivity index (χ0v) is 20.5. The molecule has 5 rings (SSSR count). The van der Waals surface area contributed by atoms with Crippen molar-refractivity contribution in [3.8, 4) is 0 Å². The molecule has 2 aromatic carbocycles. The Balaban J connectivity index is 1.34. The number of fused-ring (bicyclic) bond motifs is 1. The van der Waals surface area contributed by atoms with Crippen LogP contribution in [0.15, 0.2) is 65.7 Å². The van der Waals surface area contributed by atoms with Gasteiger partial charge in [-0.15, -0.1) is 0 Å². The van der Waals surface area contributed by atoms with Crippen LogP contribution in [-0.2, 0) is 14.8 Å². The van der Waals surface area contributed by atoms with E-state index in [1.807, 2.05) is 35.2 Å². The molecule has 0 bridgehead atoms. The van der Waals surface area contributed by atoms with Gasteiger partial charge in [0, 0.05) is 50.7 Å². The third kappa shape index (κ3) is 5.09. The van der Waals surface area contributed by atoms with Gasteiger partial charge in [-0.05, 0) is 48.5 Å². The SMILES string of the molecule is CC(=O)N1CCN(c2ccc(Nc3nc(Nc4cccc(S(N)(=O)=O)c4)c4cc[nH]c4[nH+]3)cc2)CC1. The van der Waals surface area contributed by atoms with Gasteiger partial charge >= 0.3 is 5.95 Å². The molecule has 0 radical (unpaired) electrons. The Morgan fingerprint density at radius 2 is 1.78 bits per heavy atom. The fraction of sp³-hybridized carbons (Fsp3) is 0.208. The van der Waals surface area contributed by atoms with E-state index in [-0.39, 0.29) is 10.8 Å². The second kappa shape index (κ2) is 9.47. The Bertz CT molecular complexity index is 1510. The lowest BCUT2D eigenvalue weighted by Gasteiger charge is -2.35. The number of nitrogens with two attached hydrogens (primary N) is 1. The molecule has 6 N–H and O–H groups in total. The molecule has 0 atom stereocenters. The zero-order chi connectivity index (χ0) is 25.3. The van der Waals surface area contributed by atoms with Gasteiger partial charge in [-0.1, -0.05) is 11.1 Å². The third-order valence-electron chi connectivity index (χ3n) is 6.11. The number of aromatic nitrogens is 3. The van der Waals surface area contributed by atoms with E-state index in [9.17, 15) is 13.2 Å². The van der Waals surface area contributed by atoms with Gasteiger partial charge in [0.05, 0.1) is 16.0 Å². The van der Waals surface area contributed by atoms with Gasteiger partial charge in [0.15, 0.2) is 0 Å². The van der Waals surface area contributed by atoms with Crippen molar-refractivity contribution in [2.75, 3.05) is 41.7 Å². The summed E-state index contributed by atoms with van der Waals surface area (Å²) < 4.78 is 23.5.